The molecule has 0 aliphatic heterocycles. The summed E-state index contributed by atoms with van der Waals surface area (Å²) in [6, 6.07) is 40.1. The highest BCUT2D eigenvalue weighted by atomic mass is 32.1. The Kier molecular flexibility index (Phi) is 9.17. The Balaban J connectivity index is 1.06. The van der Waals surface area contributed by atoms with Crippen molar-refractivity contribution in [2.75, 3.05) is 0 Å². The van der Waals surface area contributed by atoms with Crippen LogP contribution in [0.5, 0.6) is 0 Å². The van der Waals surface area contributed by atoms with Gasteiger partial charge in [0.1, 0.15) is 0 Å². The maximum Gasteiger partial charge on any atom is 0.183 e. The summed E-state index contributed by atoms with van der Waals surface area (Å²) in [5.74, 6) is 1.17. The van der Waals surface area contributed by atoms with E-state index in [1.165, 1.54) is 11.1 Å². The molecule has 48 heavy (non-hydrogen) atoms. The zero-order valence-electron chi connectivity index (χ0n) is 26.2. The van der Waals surface area contributed by atoms with Gasteiger partial charge >= 0.3 is 0 Å². The van der Waals surface area contributed by atoms with Crippen LogP contribution in [-0.4, -0.2) is 34.1 Å². The number of hydrazone groups is 2. The molecule has 2 N–H and O–H groups in total. The van der Waals surface area contributed by atoms with Crippen LogP contribution in [0.4, 0.5) is 11.4 Å². The van der Waals surface area contributed by atoms with Crippen molar-refractivity contribution < 1.29 is 0 Å². The van der Waals surface area contributed by atoms with Crippen LogP contribution < -0.4 is 10.9 Å². The van der Waals surface area contributed by atoms with Gasteiger partial charge in [0.25, 0.3) is 0 Å². The molecule has 0 bridgehead atoms. The molecule has 10 heteroatoms. The predicted molar refractivity (Wildman–Crippen MR) is 202 cm³/mol. The van der Waals surface area contributed by atoms with Gasteiger partial charge in [-0.05, 0) is 73.5 Å². The van der Waals surface area contributed by atoms with E-state index in [1.807, 2.05) is 109 Å². The van der Waals surface area contributed by atoms with Crippen LogP contribution in [0.15, 0.2) is 142 Å². The zero-order valence-corrected chi connectivity index (χ0v) is 27.8. The van der Waals surface area contributed by atoms with Gasteiger partial charge in [0.05, 0.1) is 44.2 Å². The first kappa shape index (κ1) is 30.8. The van der Waals surface area contributed by atoms with Crippen LogP contribution in [0.2, 0.25) is 0 Å². The van der Waals surface area contributed by atoms with Crippen LogP contribution in [0.25, 0.3) is 20.4 Å². The van der Waals surface area contributed by atoms with Crippen LogP contribution in [-0.2, 0) is 0 Å². The molecule has 0 fully saturated rings. The number of rotatable bonds is 8. The Morgan fingerprint density at radius 3 is 1.31 bits per heavy atom. The van der Waals surface area contributed by atoms with Gasteiger partial charge < -0.3 is 0 Å². The van der Waals surface area contributed by atoms with Crippen molar-refractivity contribution >= 4 is 78.6 Å². The minimum absolute atomic E-state index is 0.586. The van der Waals surface area contributed by atoms with E-state index >= 15 is 0 Å². The van der Waals surface area contributed by atoms with E-state index in [1.54, 1.807) is 35.1 Å². The number of hydrogen-bond donors (Lipinski definition) is 2. The fourth-order valence-electron chi connectivity index (χ4n) is 4.69. The molecule has 0 atom stereocenters. The van der Waals surface area contributed by atoms with Gasteiger partial charge in [0.2, 0.25) is 0 Å². The first-order chi connectivity index (χ1) is 23.6. The smallest absolute Gasteiger partial charge is 0.183 e. The minimum atomic E-state index is 0.586. The second-order valence-corrected chi connectivity index (χ2v) is 13.0. The molecule has 2 aromatic heterocycles. The third-order valence-corrected chi connectivity index (χ3v) is 9.33. The van der Waals surface area contributed by atoms with Gasteiger partial charge in [-0.25, -0.2) is 20.0 Å². The molecule has 0 radical (unpaired) electrons. The minimum Gasteiger partial charge on any atom is -0.259 e. The highest BCUT2D eigenvalue weighted by molar-refractivity contribution is 7.20. The number of hydrogen-bond acceptors (Lipinski definition) is 8. The summed E-state index contributed by atoms with van der Waals surface area (Å²) in [5, 5.41) is 10.6. The molecule has 0 amide bonds. The van der Waals surface area contributed by atoms with Gasteiger partial charge in [0.15, 0.2) is 21.7 Å². The third kappa shape index (κ3) is 7.58. The largest absolute Gasteiger partial charge is 0.259 e. The van der Waals surface area contributed by atoms with Crippen LogP contribution in [0.1, 0.15) is 32.3 Å². The molecular weight excluding hydrogens is 633 g/mol. The number of para-hydroxylation sites is 2. The molecule has 234 valence electrons. The highest BCUT2D eigenvalue weighted by Crippen LogP contribution is 2.25. The molecule has 0 saturated heterocycles. The summed E-state index contributed by atoms with van der Waals surface area (Å²) in [7, 11) is 0. The Labute approximate surface area is 286 Å². The summed E-state index contributed by atoms with van der Waals surface area (Å²) in [6.45, 7) is 4.11. The molecular formula is C38H30N8S2. The van der Waals surface area contributed by atoms with E-state index in [9.17, 15) is 0 Å². The molecule has 7 aromatic rings. The van der Waals surface area contributed by atoms with Gasteiger partial charge in [0, 0.05) is 0 Å². The molecule has 0 saturated carbocycles. The summed E-state index contributed by atoms with van der Waals surface area (Å²) in [5.41, 5.74) is 14.0. The number of nitrogens with one attached hydrogen (secondary N) is 2. The number of benzene rings is 5. The lowest BCUT2D eigenvalue weighted by molar-refractivity contribution is 1.03. The molecule has 0 unspecified atom stereocenters. The number of aliphatic imine (C=N–C) groups is 2. The first-order valence-corrected chi connectivity index (χ1v) is 16.9. The van der Waals surface area contributed by atoms with Crippen molar-refractivity contribution in [3.05, 3.63) is 154 Å². The lowest BCUT2D eigenvalue weighted by atomic mass is 10.2. The number of fused-ring (bicyclic) bond motifs is 2. The molecule has 8 nitrogen and oxygen atoms in total. The fraction of sp³-hybridized carbons (Fsp3) is 0.0526. The van der Waals surface area contributed by atoms with Crippen molar-refractivity contribution in [3.63, 3.8) is 0 Å². The van der Waals surface area contributed by atoms with Crippen LogP contribution >= 0.6 is 22.7 Å². The van der Waals surface area contributed by atoms with E-state index in [2.05, 4.69) is 47.0 Å². The van der Waals surface area contributed by atoms with Crippen LogP contribution in [0, 0.1) is 13.8 Å². The number of aryl methyl sites for hydroxylation is 2. The van der Waals surface area contributed by atoms with Crippen molar-refractivity contribution in [2.24, 2.45) is 20.2 Å². The third-order valence-electron chi connectivity index (χ3n) is 7.25. The summed E-state index contributed by atoms with van der Waals surface area (Å²) in [4.78, 5) is 19.2. The fourth-order valence-corrected chi connectivity index (χ4v) is 6.50. The number of aromatic nitrogens is 2. The number of thiazole rings is 2. The van der Waals surface area contributed by atoms with Crippen molar-refractivity contribution in [2.45, 2.75) is 13.8 Å². The monoisotopic (exact) mass is 662 g/mol. The first-order valence-electron chi connectivity index (χ1n) is 15.3. The van der Waals surface area contributed by atoms with E-state index in [0.29, 0.717) is 11.7 Å². The van der Waals surface area contributed by atoms with E-state index in [-0.39, 0.29) is 0 Å². The highest BCUT2D eigenvalue weighted by Gasteiger charge is 2.12. The quantitative estimate of drug-likeness (QED) is 0.0964. The average Bonchev–Trinajstić information content (AvgIpc) is 3.75. The summed E-state index contributed by atoms with van der Waals surface area (Å²) in [6.07, 6.45) is 3.52. The SMILES string of the molecule is Cc1ccc(N=C(NN=Cc2ccc(C=NNC(=Nc3ccc(C)cc3)c3nc4ccccc4s3)cc2)c2nc3ccccc3s2)cc1. The maximum absolute atomic E-state index is 4.82. The molecule has 0 aliphatic rings. The van der Waals surface area contributed by atoms with Crippen molar-refractivity contribution in [1.82, 2.24) is 20.8 Å². The van der Waals surface area contributed by atoms with Gasteiger partial charge in [-0.3, -0.25) is 10.9 Å². The molecule has 2 heterocycles. The zero-order chi connectivity index (χ0) is 32.7. The lowest BCUT2D eigenvalue weighted by Crippen LogP contribution is -2.19. The number of nitrogens with zero attached hydrogens (tertiary/aromatic N) is 6. The second-order valence-electron chi connectivity index (χ2n) is 11.0. The Morgan fingerprint density at radius 2 is 0.917 bits per heavy atom. The van der Waals surface area contributed by atoms with E-state index in [0.717, 1.165) is 53.0 Å². The van der Waals surface area contributed by atoms with Gasteiger partial charge in [-0.15, -0.1) is 22.7 Å². The number of amidine groups is 2. The standard InChI is InChI=1S/C38H30N8S2/c1-25-11-19-29(20-12-25)41-35(37-43-31-7-3-5-9-33(31)47-37)45-39-23-27-15-17-28(18-16-27)24-40-46-36(42-30-21-13-26(2)14-22-30)38-44-32-8-4-6-10-34(32)48-38/h3-24H,1-2H3,(H,41,45)(H,42,46). The second kappa shape index (κ2) is 14.3. The summed E-state index contributed by atoms with van der Waals surface area (Å²) < 4.78 is 2.19. The van der Waals surface area contributed by atoms with E-state index in [4.69, 9.17) is 20.0 Å². The van der Waals surface area contributed by atoms with Crippen molar-refractivity contribution in [1.29, 1.82) is 0 Å². The van der Waals surface area contributed by atoms with Crippen molar-refractivity contribution in [3.8, 4) is 0 Å². The Morgan fingerprint density at radius 1 is 0.521 bits per heavy atom. The Hall–Kier alpha value is -5.84. The van der Waals surface area contributed by atoms with E-state index < -0.39 is 0 Å². The van der Waals surface area contributed by atoms with Crippen LogP contribution in [0.3, 0.4) is 0 Å². The molecule has 7 rings (SSSR count). The van der Waals surface area contributed by atoms with Gasteiger partial charge in [-0.1, -0.05) is 83.9 Å². The predicted octanol–water partition coefficient (Wildman–Crippen LogP) is 8.93. The lowest BCUT2D eigenvalue weighted by Gasteiger charge is -2.04. The molecule has 0 spiro atoms. The summed E-state index contributed by atoms with van der Waals surface area (Å²) >= 11 is 3.15. The average molecular weight is 663 g/mol. The van der Waals surface area contributed by atoms with Gasteiger partial charge in [-0.2, -0.15) is 10.2 Å². The normalized spacial score (nSPS) is 12.5. The molecule has 5 aromatic carbocycles. The maximum atomic E-state index is 4.82. The molecule has 0 aliphatic carbocycles. The topological polar surface area (TPSA) is 99.3 Å². The Bertz CT molecular complexity index is 2070.